The number of hydrogen-bond donors (Lipinski definition) is 0. The summed E-state index contributed by atoms with van der Waals surface area (Å²) in [4.78, 5) is 14.1. The zero-order chi connectivity index (χ0) is 14.5. The number of amides is 1. The summed E-state index contributed by atoms with van der Waals surface area (Å²) in [6, 6.07) is 5.77. The van der Waals surface area contributed by atoms with E-state index in [9.17, 15) is 13.6 Å². The van der Waals surface area contributed by atoms with Crippen molar-refractivity contribution in [2.75, 3.05) is 25.1 Å². The van der Waals surface area contributed by atoms with E-state index in [1.165, 1.54) is 18.2 Å². The molecule has 1 aliphatic rings. The molecule has 1 heterocycles. The van der Waals surface area contributed by atoms with Gasteiger partial charge in [-0.25, -0.2) is 0 Å². The SMILES string of the molecule is O=C(c1cccc(OC(F)F)c1)N1CCOCC1CBr. The van der Waals surface area contributed by atoms with Crippen molar-refractivity contribution in [1.29, 1.82) is 0 Å². The van der Waals surface area contributed by atoms with Crippen LogP contribution in [0.1, 0.15) is 10.4 Å². The van der Waals surface area contributed by atoms with Crippen molar-refractivity contribution in [1.82, 2.24) is 4.90 Å². The summed E-state index contributed by atoms with van der Waals surface area (Å²) in [5, 5.41) is 0.603. The molecule has 1 atom stereocenters. The van der Waals surface area contributed by atoms with Crippen molar-refractivity contribution in [2.24, 2.45) is 0 Å². The smallest absolute Gasteiger partial charge is 0.387 e. The summed E-state index contributed by atoms with van der Waals surface area (Å²) < 4.78 is 34.0. The van der Waals surface area contributed by atoms with Gasteiger partial charge < -0.3 is 14.4 Å². The van der Waals surface area contributed by atoms with Gasteiger partial charge in [0.1, 0.15) is 5.75 Å². The molecular formula is C13H14BrF2NO3. The highest BCUT2D eigenvalue weighted by Crippen LogP contribution is 2.19. The third-order valence-electron chi connectivity index (χ3n) is 2.97. The highest BCUT2D eigenvalue weighted by Gasteiger charge is 2.27. The number of rotatable bonds is 4. The number of carbonyl (C=O) groups is 1. The lowest BCUT2D eigenvalue weighted by Gasteiger charge is -2.34. The molecule has 0 bridgehead atoms. The Labute approximate surface area is 123 Å². The molecule has 1 saturated heterocycles. The average Bonchev–Trinajstić information content (AvgIpc) is 2.46. The number of carbonyl (C=O) groups excluding carboxylic acids is 1. The van der Waals surface area contributed by atoms with Gasteiger partial charge in [0.05, 0.1) is 19.3 Å². The fraction of sp³-hybridized carbons (Fsp3) is 0.462. The fourth-order valence-corrected chi connectivity index (χ4v) is 2.56. The number of nitrogens with zero attached hydrogens (tertiary/aromatic N) is 1. The number of halogens is 3. The second-order valence-electron chi connectivity index (χ2n) is 4.29. The molecule has 1 aromatic rings. The minimum atomic E-state index is -2.90. The van der Waals surface area contributed by atoms with Gasteiger partial charge >= 0.3 is 6.61 Å². The summed E-state index contributed by atoms with van der Waals surface area (Å²) in [5.41, 5.74) is 0.330. The third-order valence-corrected chi connectivity index (χ3v) is 3.72. The van der Waals surface area contributed by atoms with Crippen LogP contribution >= 0.6 is 15.9 Å². The Bertz CT molecular complexity index is 473. The van der Waals surface area contributed by atoms with Crippen molar-refractivity contribution in [3.05, 3.63) is 29.8 Å². The fourth-order valence-electron chi connectivity index (χ4n) is 2.02. The first-order chi connectivity index (χ1) is 9.61. The molecule has 0 aromatic heterocycles. The molecule has 7 heteroatoms. The summed E-state index contributed by atoms with van der Waals surface area (Å²) in [7, 11) is 0. The molecular weight excluding hydrogens is 336 g/mol. The molecule has 2 rings (SSSR count). The van der Waals surface area contributed by atoms with Gasteiger partial charge in [-0.3, -0.25) is 4.79 Å². The van der Waals surface area contributed by atoms with Crippen LogP contribution in [0.4, 0.5) is 8.78 Å². The summed E-state index contributed by atoms with van der Waals surface area (Å²) in [6.07, 6.45) is 0. The minimum absolute atomic E-state index is 0.0190. The molecule has 0 radical (unpaired) electrons. The Morgan fingerprint density at radius 2 is 2.35 bits per heavy atom. The van der Waals surface area contributed by atoms with Crippen molar-refractivity contribution in [2.45, 2.75) is 12.7 Å². The van der Waals surface area contributed by atoms with E-state index >= 15 is 0 Å². The van der Waals surface area contributed by atoms with Crippen LogP contribution in [0.3, 0.4) is 0 Å². The topological polar surface area (TPSA) is 38.8 Å². The van der Waals surface area contributed by atoms with Crippen LogP contribution in [-0.2, 0) is 4.74 Å². The van der Waals surface area contributed by atoms with Gasteiger partial charge in [0.15, 0.2) is 0 Å². The summed E-state index contributed by atoms with van der Waals surface area (Å²) in [6.45, 7) is -1.49. The number of alkyl halides is 3. The quantitative estimate of drug-likeness (QED) is 0.784. The highest BCUT2D eigenvalue weighted by molar-refractivity contribution is 9.09. The monoisotopic (exact) mass is 349 g/mol. The van der Waals surface area contributed by atoms with Crippen LogP contribution in [0.15, 0.2) is 24.3 Å². The van der Waals surface area contributed by atoms with Crippen LogP contribution in [0.5, 0.6) is 5.75 Å². The predicted octanol–water partition coefficient (Wildman–Crippen LogP) is 2.52. The van der Waals surface area contributed by atoms with E-state index in [2.05, 4.69) is 20.7 Å². The van der Waals surface area contributed by atoms with Crippen LogP contribution < -0.4 is 4.74 Å². The molecule has 0 saturated carbocycles. The Morgan fingerprint density at radius 3 is 3.05 bits per heavy atom. The highest BCUT2D eigenvalue weighted by atomic mass is 79.9. The minimum Gasteiger partial charge on any atom is -0.435 e. The normalized spacial score (nSPS) is 19.2. The number of benzene rings is 1. The first-order valence-corrected chi connectivity index (χ1v) is 7.23. The second kappa shape index (κ2) is 6.99. The molecule has 110 valence electrons. The van der Waals surface area contributed by atoms with Gasteiger partial charge in [0.2, 0.25) is 0 Å². The van der Waals surface area contributed by atoms with Crippen molar-refractivity contribution >= 4 is 21.8 Å². The standard InChI is InChI=1S/C13H14BrF2NO3/c14-7-10-8-19-5-4-17(10)12(18)9-2-1-3-11(6-9)20-13(15)16/h1-3,6,10,13H,4-5,7-8H2. The predicted molar refractivity (Wildman–Crippen MR) is 72.5 cm³/mol. The third kappa shape index (κ3) is 3.67. The Balaban J connectivity index is 2.15. The molecule has 0 aliphatic carbocycles. The number of morpholine rings is 1. The largest absolute Gasteiger partial charge is 0.435 e. The van der Waals surface area contributed by atoms with E-state index in [0.717, 1.165) is 0 Å². The summed E-state index contributed by atoms with van der Waals surface area (Å²) in [5.74, 6) is -0.230. The number of hydrogen-bond acceptors (Lipinski definition) is 3. The molecule has 1 amide bonds. The Kier molecular flexibility index (Phi) is 5.31. The molecule has 1 aliphatic heterocycles. The average molecular weight is 350 g/mol. The molecule has 1 aromatic carbocycles. The first kappa shape index (κ1) is 15.2. The zero-order valence-electron chi connectivity index (χ0n) is 10.6. The van der Waals surface area contributed by atoms with Crippen LogP contribution in [0.25, 0.3) is 0 Å². The Morgan fingerprint density at radius 1 is 1.55 bits per heavy atom. The first-order valence-electron chi connectivity index (χ1n) is 6.11. The molecule has 0 spiro atoms. The maximum absolute atomic E-state index is 12.4. The van der Waals surface area contributed by atoms with Crippen LogP contribution in [0.2, 0.25) is 0 Å². The van der Waals surface area contributed by atoms with Crippen LogP contribution in [-0.4, -0.2) is 48.5 Å². The molecule has 1 fully saturated rings. The van der Waals surface area contributed by atoms with Gasteiger partial charge in [-0.2, -0.15) is 8.78 Å². The van der Waals surface area contributed by atoms with Crippen LogP contribution in [0, 0.1) is 0 Å². The molecule has 20 heavy (non-hydrogen) atoms. The molecule has 4 nitrogen and oxygen atoms in total. The summed E-state index contributed by atoms with van der Waals surface area (Å²) >= 11 is 3.34. The van der Waals surface area contributed by atoms with E-state index < -0.39 is 6.61 Å². The lowest BCUT2D eigenvalue weighted by molar-refractivity contribution is -0.0499. The lowest BCUT2D eigenvalue weighted by atomic mass is 10.1. The van der Waals surface area contributed by atoms with Gasteiger partial charge in [-0.15, -0.1) is 0 Å². The van der Waals surface area contributed by atoms with Crippen molar-refractivity contribution < 1.29 is 23.0 Å². The van der Waals surface area contributed by atoms with E-state index in [1.54, 1.807) is 11.0 Å². The van der Waals surface area contributed by atoms with Gasteiger partial charge in [0.25, 0.3) is 5.91 Å². The lowest BCUT2D eigenvalue weighted by Crippen LogP contribution is -2.49. The van der Waals surface area contributed by atoms with Crippen molar-refractivity contribution in [3.63, 3.8) is 0 Å². The second-order valence-corrected chi connectivity index (χ2v) is 4.94. The van der Waals surface area contributed by atoms with E-state index in [1.807, 2.05) is 0 Å². The van der Waals surface area contributed by atoms with E-state index in [0.29, 0.717) is 30.7 Å². The van der Waals surface area contributed by atoms with E-state index in [-0.39, 0.29) is 17.7 Å². The maximum atomic E-state index is 12.4. The van der Waals surface area contributed by atoms with Gasteiger partial charge in [0, 0.05) is 17.4 Å². The number of ether oxygens (including phenoxy) is 2. The van der Waals surface area contributed by atoms with E-state index in [4.69, 9.17) is 4.74 Å². The van der Waals surface area contributed by atoms with Gasteiger partial charge in [-0.05, 0) is 18.2 Å². The zero-order valence-corrected chi connectivity index (χ0v) is 12.2. The Hall–Kier alpha value is -1.21. The molecule has 1 unspecified atom stereocenters. The van der Waals surface area contributed by atoms with Crippen molar-refractivity contribution in [3.8, 4) is 5.75 Å². The molecule has 0 N–H and O–H groups in total. The maximum Gasteiger partial charge on any atom is 0.387 e. The van der Waals surface area contributed by atoms with Gasteiger partial charge in [-0.1, -0.05) is 22.0 Å².